The van der Waals surface area contributed by atoms with Crippen molar-refractivity contribution >= 4 is 16.2 Å². The molecule has 16 heavy (non-hydrogen) atoms. The Kier molecular flexibility index (Phi) is 2.98. The lowest BCUT2D eigenvalue weighted by Crippen LogP contribution is -2.40. The van der Waals surface area contributed by atoms with Gasteiger partial charge in [0.25, 0.3) is 6.42 Å². The maximum atomic E-state index is 13.4. The minimum absolute atomic E-state index is 0.126. The van der Waals surface area contributed by atoms with Crippen LogP contribution in [0.15, 0.2) is 17.3 Å². The highest BCUT2D eigenvalue weighted by Gasteiger charge is 2.34. The summed E-state index contributed by atoms with van der Waals surface area (Å²) in [6.07, 6.45) is 5.09. The number of halogens is 1. The molecule has 1 saturated heterocycles. The quantitative estimate of drug-likeness (QED) is 0.654. The van der Waals surface area contributed by atoms with Crippen molar-refractivity contribution in [2.45, 2.75) is 18.9 Å². The first-order valence-corrected chi connectivity index (χ1v) is 6.90. The van der Waals surface area contributed by atoms with E-state index in [1.54, 1.807) is 12.3 Å². The van der Waals surface area contributed by atoms with Crippen LogP contribution in [0.2, 0.25) is 0 Å². The van der Waals surface area contributed by atoms with Crippen molar-refractivity contribution in [3.63, 3.8) is 0 Å². The number of aliphatic imine (C=N–C) groups is 1. The number of alkyl halides is 1. The molecule has 90 valence electrons. The van der Waals surface area contributed by atoms with E-state index in [-0.39, 0.29) is 6.04 Å². The number of allylic oxidation sites excluding steroid dienone is 1. The number of hydrogen-bond acceptors (Lipinski definition) is 4. The van der Waals surface area contributed by atoms with Crippen LogP contribution in [-0.2, 0) is 10.0 Å². The van der Waals surface area contributed by atoms with Crippen molar-refractivity contribution < 1.29 is 12.8 Å². The number of rotatable bonds is 2. The van der Waals surface area contributed by atoms with Gasteiger partial charge in [-0.3, -0.25) is 0 Å². The molecule has 2 aliphatic heterocycles. The van der Waals surface area contributed by atoms with Gasteiger partial charge in [0.15, 0.2) is 0 Å². The molecule has 0 radical (unpaired) electrons. The summed E-state index contributed by atoms with van der Waals surface area (Å²) in [6.45, 7) is 0.781. The average Bonchev–Trinajstić information content (AvgIpc) is 2.66. The zero-order valence-corrected chi connectivity index (χ0v) is 9.77. The standard InChI is InChI=1S/C9H14FN3O2S/c1-16(14,15)12-6-3-8(7-12)13-5-2-4-11-9(13)10/h2,4-5,8-9H,3,6-7H2,1H3. The van der Waals surface area contributed by atoms with Crippen LogP contribution in [0.1, 0.15) is 6.42 Å². The van der Waals surface area contributed by atoms with E-state index >= 15 is 0 Å². The first kappa shape index (κ1) is 11.5. The molecular weight excluding hydrogens is 233 g/mol. The molecule has 0 bridgehead atoms. The Hall–Kier alpha value is -0.950. The lowest BCUT2D eigenvalue weighted by Gasteiger charge is -2.29. The molecule has 0 aliphatic carbocycles. The summed E-state index contributed by atoms with van der Waals surface area (Å²) in [7, 11) is -3.17. The van der Waals surface area contributed by atoms with Crippen LogP contribution in [0, 0.1) is 0 Å². The summed E-state index contributed by atoms with van der Waals surface area (Å²) in [5.41, 5.74) is 0. The second kappa shape index (κ2) is 4.14. The Labute approximate surface area is 94.3 Å². The van der Waals surface area contributed by atoms with Crippen LogP contribution in [-0.4, -0.2) is 55.6 Å². The normalized spacial score (nSPS) is 31.2. The van der Waals surface area contributed by atoms with Crippen LogP contribution in [0.4, 0.5) is 4.39 Å². The Balaban J connectivity index is 2.04. The number of sulfonamides is 1. The molecule has 2 rings (SSSR count). The molecule has 2 heterocycles. The minimum atomic E-state index is -3.17. The van der Waals surface area contributed by atoms with Gasteiger partial charge in [-0.05, 0) is 12.5 Å². The highest BCUT2D eigenvalue weighted by Crippen LogP contribution is 2.22. The average molecular weight is 247 g/mol. The van der Waals surface area contributed by atoms with E-state index in [9.17, 15) is 12.8 Å². The second-order valence-corrected chi connectivity index (χ2v) is 5.94. The van der Waals surface area contributed by atoms with Crippen molar-refractivity contribution in [1.82, 2.24) is 9.21 Å². The lowest BCUT2D eigenvalue weighted by molar-refractivity contribution is 0.101. The molecule has 2 unspecified atom stereocenters. The molecule has 2 atom stereocenters. The van der Waals surface area contributed by atoms with Crippen LogP contribution < -0.4 is 0 Å². The first-order valence-electron chi connectivity index (χ1n) is 5.05. The lowest BCUT2D eigenvalue weighted by atomic mass is 10.2. The number of nitrogens with zero attached hydrogens (tertiary/aromatic N) is 3. The zero-order chi connectivity index (χ0) is 11.8. The van der Waals surface area contributed by atoms with Gasteiger partial charge in [-0.25, -0.2) is 17.7 Å². The predicted octanol–water partition coefficient (Wildman–Crippen LogP) is 0.174. The van der Waals surface area contributed by atoms with Crippen molar-refractivity contribution in [1.29, 1.82) is 0 Å². The molecule has 0 N–H and O–H groups in total. The summed E-state index contributed by atoms with van der Waals surface area (Å²) in [5, 5.41) is 0. The summed E-state index contributed by atoms with van der Waals surface area (Å²) >= 11 is 0. The summed E-state index contributed by atoms with van der Waals surface area (Å²) < 4.78 is 37.4. The fraction of sp³-hybridized carbons (Fsp3) is 0.667. The Morgan fingerprint density at radius 3 is 2.81 bits per heavy atom. The van der Waals surface area contributed by atoms with Gasteiger partial charge in [-0.1, -0.05) is 0 Å². The second-order valence-electron chi connectivity index (χ2n) is 3.96. The maximum Gasteiger partial charge on any atom is 0.266 e. The van der Waals surface area contributed by atoms with Gasteiger partial charge >= 0.3 is 0 Å². The van der Waals surface area contributed by atoms with E-state index in [0.29, 0.717) is 19.5 Å². The molecule has 2 aliphatic rings. The summed E-state index contributed by atoms with van der Waals surface area (Å²) in [5.74, 6) is 0. The van der Waals surface area contributed by atoms with E-state index in [1.807, 2.05) is 0 Å². The summed E-state index contributed by atoms with van der Waals surface area (Å²) in [6, 6.07) is -0.126. The van der Waals surface area contributed by atoms with Crippen LogP contribution in [0.5, 0.6) is 0 Å². The van der Waals surface area contributed by atoms with Crippen molar-refractivity contribution in [3.05, 3.63) is 12.3 Å². The SMILES string of the molecule is CS(=O)(=O)N1CCC(N2C=CC=NC2F)C1. The summed E-state index contributed by atoms with van der Waals surface area (Å²) in [4.78, 5) is 5.09. The monoisotopic (exact) mass is 247 g/mol. The molecule has 0 aromatic heterocycles. The Morgan fingerprint density at radius 1 is 1.50 bits per heavy atom. The third kappa shape index (κ3) is 2.25. The van der Waals surface area contributed by atoms with Crippen LogP contribution in [0.25, 0.3) is 0 Å². The molecule has 7 heteroatoms. The smallest absolute Gasteiger partial charge is 0.266 e. The third-order valence-electron chi connectivity index (χ3n) is 2.82. The Bertz CT molecular complexity index is 420. The van der Waals surface area contributed by atoms with Gasteiger partial charge in [-0.15, -0.1) is 0 Å². The van der Waals surface area contributed by atoms with Gasteiger partial charge < -0.3 is 4.90 Å². The molecule has 0 aromatic rings. The molecule has 0 spiro atoms. The highest BCUT2D eigenvalue weighted by atomic mass is 32.2. The van der Waals surface area contributed by atoms with Gasteiger partial charge in [0.2, 0.25) is 10.0 Å². The molecule has 0 saturated carbocycles. The molecule has 0 amide bonds. The van der Waals surface area contributed by atoms with E-state index in [0.717, 1.165) is 0 Å². The van der Waals surface area contributed by atoms with Crippen LogP contribution in [0.3, 0.4) is 0 Å². The van der Waals surface area contributed by atoms with E-state index < -0.39 is 16.4 Å². The van der Waals surface area contributed by atoms with Crippen molar-refractivity contribution in [2.24, 2.45) is 4.99 Å². The molecular formula is C9H14FN3O2S. The molecule has 0 aromatic carbocycles. The minimum Gasteiger partial charge on any atom is -0.326 e. The van der Waals surface area contributed by atoms with E-state index in [2.05, 4.69) is 4.99 Å². The third-order valence-corrected chi connectivity index (χ3v) is 4.09. The zero-order valence-electron chi connectivity index (χ0n) is 8.95. The highest BCUT2D eigenvalue weighted by molar-refractivity contribution is 7.88. The van der Waals surface area contributed by atoms with E-state index in [1.165, 1.54) is 21.7 Å². The van der Waals surface area contributed by atoms with Gasteiger partial charge in [0, 0.05) is 31.5 Å². The van der Waals surface area contributed by atoms with Crippen molar-refractivity contribution in [2.75, 3.05) is 19.3 Å². The fourth-order valence-electron chi connectivity index (χ4n) is 1.96. The largest absolute Gasteiger partial charge is 0.326 e. The van der Waals surface area contributed by atoms with Crippen LogP contribution >= 0.6 is 0 Å². The number of hydrogen-bond donors (Lipinski definition) is 0. The molecule has 5 nitrogen and oxygen atoms in total. The van der Waals surface area contributed by atoms with Gasteiger partial charge in [0.1, 0.15) is 0 Å². The Morgan fingerprint density at radius 2 is 2.25 bits per heavy atom. The topological polar surface area (TPSA) is 53.0 Å². The first-order chi connectivity index (χ1) is 7.48. The molecule has 1 fully saturated rings. The van der Waals surface area contributed by atoms with Gasteiger partial charge in [-0.2, -0.15) is 4.39 Å². The van der Waals surface area contributed by atoms with Crippen molar-refractivity contribution in [3.8, 4) is 0 Å². The fourth-order valence-corrected chi connectivity index (χ4v) is 2.84. The van der Waals surface area contributed by atoms with Gasteiger partial charge in [0.05, 0.1) is 6.26 Å². The maximum absolute atomic E-state index is 13.4. The van der Waals surface area contributed by atoms with E-state index in [4.69, 9.17) is 0 Å². The predicted molar refractivity (Wildman–Crippen MR) is 59.2 cm³/mol.